The first-order chi connectivity index (χ1) is 18.9. The third-order valence-electron chi connectivity index (χ3n) is 7.39. The van der Waals surface area contributed by atoms with Crippen LogP contribution in [0.25, 0.3) is 0 Å². The van der Waals surface area contributed by atoms with Gasteiger partial charge in [0.1, 0.15) is 12.8 Å². The molecular formula is C26H42N3O10+. The average molecular weight is 557 g/mol. The smallest absolute Gasteiger partial charge is 0.297 e. The van der Waals surface area contributed by atoms with Crippen molar-refractivity contribution >= 4 is 19.4 Å². The third kappa shape index (κ3) is 11.2. The molecule has 0 heterocycles. The van der Waals surface area contributed by atoms with Crippen LogP contribution in [0.3, 0.4) is 0 Å². The molecule has 220 valence electrons. The Morgan fingerprint density at radius 3 is 1.95 bits per heavy atom. The van der Waals surface area contributed by atoms with Crippen LogP contribution in [0.5, 0.6) is 0 Å². The van der Waals surface area contributed by atoms with Crippen molar-refractivity contribution in [2.24, 2.45) is 5.41 Å². The number of likely N-dealkylation sites (N-methyl/N-ethyl adjacent to an activating group) is 1. The van der Waals surface area contributed by atoms with Crippen LogP contribution in [0.1, 0.15) is 24.8 Å². The molecule has 13 nitrogen and oxygen atoms in total. The molecular weight excluding hydrogens is 514 g/mol. The van der Waals surface area contributed by atoms with E-state index in [1.807, 2.05) is 37.4 Å². The summed E-state index contributed by atoms with van der Waals surface area (Å²) in [6, 6.07) is 9.61. The molecule has 1 aliphatic rings. The molecule has 1 fully saturated rings. The van der Waals surface area contributed by atoms with E-state index in [4.69, 9.17) is 24.7 Å². The summed E-state index contributed by atoms with van der Waals surface area (Å²) in [5, 5.41) is 17.7. The van der Waals surface area contributed by atoms with Gasteiger partial charge in [0.25, 0.3) is 19.4 Å². The Morgan fingerprint density at radius 2 is 1.46 bits per heavy atom. The Balaban J connectivity index is 2.31. The lowest BCUT2D eigenvalue weighted by Gasteiger charge is -2.48. The van der Waals surface area contributed by atoms with Crippen molar-refractivity contribution in [3.8, 4) is 0 Å². The monoisotopic (exact) mass is 556 g/mol. The van der Waals surface area contributed by atoms with Gasteiger partial charge in [-0.1, -0.05) is 36.8 Å². The normalized spacial score (nSPS) is 15.4. The molecule has 1 aliphatic carbocycles. The zero-order valence-electron chi connectivity index (χ0n) is 22.6. The van der Waals surface area contributed by atoms with E-state index < -0.39 is 0 Å². The van der Waals surface area contributed by atoms with E-state index in [1.165, 1.54) is 0 Å². The van der Waals surface area contributed by atoms with Gasteiger partial charge in [0.15, 0.2) is 0 Å². The highest BCUT2D eigenvalue weighted by atomic mass is 17.1. The van der Waals surface area contributed by atoms with Gasteiger partial charge in [0.05, 0.1) is 26.8 Å². The first-order valence-corrected chi connectivity index (χ1v) is 13.0. The summed E-state index contributed by atoms with van der Waals surface area (Å²) in [6.07, 6.45) is 3.52. The zero-order valence-corrected chi connectivity index (χ0v) is 22.6. The molecule has 1 aromatic rings. The lowest BCUT2D eigenvalue weighted by atomic mass is 9.68. The van der Waals surface area contributed by atoms with Gasteiger partial charge in [-0.2, -0.15) is 0 Å². The number of carbonyl (C=O) groups is 3. The molecule has 2 N–H and O–H groups in total. The summed E-state index contributed by atoms with van der Waals surface area (Å²) in [5.74, 6) is 0. The molecule has 1 saturated carbocycles. The summed E-state index contributed by atoms with van der Waals surface area (Å²) in [5.41, 5.74) is 0.925. The predicted molar refractivity (Wildman–Crippen MR) is 138 cm³/mol. The lowest BCUT2D eigenvalue weighted by Crippen LogP contribution is -2.61. The summed E-state index contributed by atoms with van der Waals surface area (Å²) in [4.78, 5) is 46.0. The number of rotatable bonds is 24. The minimum atomic E-state index is -0.207. The maximum Gasteiger partial charge on any atom is 0.297 e. The SMILES string of the molecule is C[N+](COC=O)(COC=O)C(Cc1ccccc1)CN(COC=O)CC1(CN(CCOO)CCOO)CCC1. The Hall–Kier alpha value is -2.65. The number of ether oxygens (including phenoxy) is 3. The van der Waals surface area contributed by atoms with Gasteiger partial charge >= 0.3 is 0 Å². The lowest BCUT2D eigenvalue weighted by molar-refractivity contribution is -0.962. The molecule has 13 heteroatoms. The quantitative estimate of drug-likeness (QED) is 0.0471. The van der Waals surface area contributed by atoms with Crippen molar-refractivity contribution in [3.05, 3.63) is 35.9 Å². The van der Waals surface area contributed by atoms with Crippen LogP contribution in [0.15, 0.2) is 30.3 Å². The Bertz CT molecular complexity index is 807. The molecule has 1 atom stereocenters. The number of carbonyl (C=O) groups excluding carboxylic acids is 3. The first kappa shape index (κ1) is 32.6. The van der Waals surface area contributed by atoms with Crippen molar-refractivity contribution in [2.45, 2.75) is 31.7 Å². The van der Waals surface area contributed by atoms with Crippen LogP contribution < -0.4 is 0 Å². The summed E-state index contributed by atoms with van der Waals surface area (Å²) < 4.78 is 15.6. The Kier molecular flexibility index (Phi) is 14.9. The molecule has 1 unspecified atom stereocenters. The average Bonchev–Trinajstić information content (AvgIpc) is 2.93. The number of benzene rings is 1. The van der Waals surface area contributed by atoms with E-state index in [2.05, 4.69) is 19.6 Å². The molecule has 0 aliphatic heterocycles. The van der Waals surface area contributed by atoms with Crippen LogP contribution in [-0.4, -0.2) is 123 Å². The predicted octanol–water partition coefficient (Wildman–Crippen LogP) is 1.19. The topological polar surface area (TPSA) is 144 Å². The highest BCUT2D eigenvalue weighted by Gasteiger charge is 2.42. The van der Waals surface area contributed by atoms with Gasteiger partial charge in [0.2, 0.25) is 13.5 Å². The van der Waals surface area contributed by atoms with E-state index in [-0.39, 0.29) is 49.3 Å². The van der Waals surface area contributed by atoms with Crippen molar-refractivity contribution in [2.75, 3.05) is 73.2 Å². The van der Waals surface area contributed by atoms with Crippen LogP contribution in [-0.2, 0) is 44.8 Å². The highest BCUT2D eigenvalue weighted by Crippen LogP contribution is 2.42. The standard InChI is InChI=1S/C26H41N3O10/c1-29(19-36-22-31,20-37-23-32)25(14-24-6-3-2-4-7-24)15-28(18-35-21-30)17-26(8-5-9-26)16-27(10-12-38-33)11-13-39-34/h2-4,6-7,21-23,25H,5,8-20H2,1H3,(H-,33,34)/p+1. The van der Waals surface area contributed by atoms with Crippen molar-refractivity contribution in [1.82, 2.24) is 9.80 Å². The summed E-state index contributed by atoms with van der Waals surface area (Å²) >= 11 is 0. The maximum absolute atomic E-state index is 11.2. The van der Waals surface area contributed by atoms with Gasteiger partial charge in [-0.15, -0.1) is 0 Å². The van der Waals surface area contributed by atoms with Crippen molar-refractivity contribution in [1.29, 1.82) is 0 Å². The van der Waals surface area contributed by atoms with Gasteiger partial charge in [0, 0.05) is 32.6 Å². The Labute approximate surface area is 229 Å². The van der Waals surface area contributed by atoms with Gasteiger partial charge in [-0.25, -0.2) is 9.78 Å². The van der Waals surface area contributed by atoms with E-state index >= 15 is 0 Å². The summed E-state index contributed by atoms with van der Waals surface area (Å²) in [6.45, 7) is 4.01. The minimum absolute atomic E-state index is 0.0154. The molecule has 0 radical (unpaired) electrons. The van der Waals surface area contributed by atoms with E-state index in [9.17, 15) is 14.4 Å². The van der Waals surface area contributed by atoms with Gasteiger partial charge < -0.3 is 14.2 Å². The second-order valence-electron chi connectivity index (χ2n) is 10.3. The van der Waals surface area contributed by atoms with Crippen LogP contribution in [0.4, 0.5) is 0 Å². The molecule has 0 bridgehead atoms. The molecule has 39 heavy (non-hydrogen) atoms. The fourth-order valence-corrected chi connectivity index (χ4v) is 5.22. The zero-order chi connectivity index (χ0) is 28.4. The van der Waals surface area contributed by atoms with Crippen LogP contribution in [0, 0.1) is 5.41 Å². The molecule has 1 aromatic carbocycles. The van der Waals surface area contributed by atoms with E-state index in [0.29, 0.717) is 58.6 Å². The van der Waals surface area contributed by atoms with E-state index in [0.717, 1.165) is 24.8 Å². The first-order valence-electron chi connectivity index (χ1n) is 13.0. The summed E-state index contributed by atoms with van der Waals surface area (Å²) in [7, 11) is 1.85. The third-order valence-corrected chi connectivity index (χ3v) is 7.39. The second-order valence-corrected chi connectivity index (χ2v) is 10.3. The van der Waals surface area contributed by atoms with Crippen molar-refractivity contribution < 1.29 is 53.4 Å². The molecule has 0 amide bonds. The van der Waals surface area contributed by atoms with Gasteiger partial charge in [-0.05, 0) is 23.8 Å². The number of quaternary nitrogens is 1. The van der Waals surface area contributed by atoms with Gasteiger partial charge in [-0.3, -0.25) is 39.2 Å². The number of hydrogen-bond donors (Lipinski definition) is 2. The van der Waals surface area contributed by atoms with Crippen molar-refractivity contribution in [3.63, 3.8) is 0 Å². The molecule has 0 aromatic heterocycles. The van der Waals surface area contributed by atoms with E-state index in [1.54, 1.807) is 0 Å². The number of nitrogens with zero attached hydrogens (tertiary/aromatic N) is 3. The highest BCUT2D eigenvalue weighted by molar-refractivity contribution is 5.37. The van der Waals surface area contributed by atoms with Crippen LogP contribution in [0.2, 0.25) is 0 Å². The fourth-order valence-electron chi connectivity index (χ4n) is 5.22. The maximum atomic E-state index is 11.2. The minimum Gasteiger partial charge on any atom is -0.452 e. The number of hydrogen-bond acceptors (Lipinski definition) is 12. The largest absolute Gasteiger partial charge is 0.452 e. The second kappa shape index (κ2) is 17.8. The fraction of sp³-hybridized carbons (Fsp3) is 0.654. The van der Waals surface area contributed by atoms with Crippen LogP contribution >= 0.6 is 0 Å². The molecule has 0 saturated heterocycles. The molecule has 0 spiro atoms. The Morgan fingerprint density at radius 1 is 0.897 bits per heavy atom. The molecule has 2 rings (SSSR count).